The summed E-state index contributed by atoms with van der Waals surface area (Å²) in [6.07, 6.45) is 3.69. The van der Waals surface area contributed by atoms with Gasteiger partial charge in [0.15, 0.2) is 0 Å². The summed E-state index contributed by atoms with van der Waals surface area (Å²) in [7, 11) is 0. The van der Waals surface area contributed by atoms with E-state index < -0.39 is 0 Å². The van der Waals surface area contributed by atoms with Crippen LogP contribution in [0.25, 0.3) is 0 Å². The van der Waals surface area contributed by atoms with Crippen LogP contribution in [0.5, 0.6) is 0 Å². The summed E-state index contributed by atoms with van der Waals surface area (Å²) >= 11 is 1.47. The Labute approximate surface area is 130 Å². The molecule has 0 aliphatic rings. The van der Waals surface area contributed by atoms with E-state index >= 15 is 0 Å². The van der Waals surface area contributed by atoms with Crippen LogP contribution in [0.15, 0.2) is 5.03 Å². The van der Waals surface area contributed by atoms with E-state index in [2.05, 4.69) is 16.4 Å². The number of rotatable bonds is 7. The highest BCUT2D eigenvalue weighted by Crippen LogP contribution is 2.25. The van der Waals surface area contributed by atoms with Crippen LogP contribution in [0, 0.1) is 25.2 Å². The standard InChI is InChI=1S/C15H22N4OS/c1-10-12(5-6-14(20)18-8-4-7-16)11(2)19-15(21-3)13(10)9-17/h4-8,16H2,1-3H3,(H,18,20). The van der Waals surface area contributed by atoms with Gasteiger partial charge in [0.1, 0.15) is 11.1 Å². The molecule has 1 aromatic rings. The van der Waals surface area contributed by atoms with Crippen molar-refractivity contribution < 1.29 is 4.79 Å². The Kier molecular flexibility index (Phi) is 7.20. The minimum absolute atomic E-state index is 0.00898. The zero-order valence-electron chi connectivity index (χ0n) is 12.8. The number of hydrogen-bond acceptors (Lipinski definition) is 5. The molecule has 0 radical (unpaired) electrons. The first kappa shape index (κ1) is 17.5. The molecule has 1 heterocycles. The number of amides is 1. The molecule has 1 rings (SSSR count). The molecule has 0 aromatic carbocycles. The summed E-state index contributed by atoms with van der Waals surface area (Å²) in [5, 5.41) is 12.9. The zero-order chi connectivity index (χ0) is 15.8. The van der Waals surface area contributed by atoms with Crippen LogP contribution in [0.1, 0.15) is 35.2 Å². The molecule has 6 heteroatoms. The SMILES string of the molecule is CSc1nc(C)c(CCC(=O)NCCCN)c(C)c1C#N. The number of nitriles is 1. The van der Waals surface area contributed by atoms with Gasteiger partial charge in [-0.1, -0.05) is 0 Å². The Morgan fingerprint density at radius 3 is 2.76 bits per heavy atom. The number of nitrogens with two attached hydrogens (primary N) is 1. The third kappa shape index (κ3) is 4.73. The van der Waals surface area contributed by atoms with Gasteiger partial charge in [0.2, 0.25) is 5.91 Å². The second-order valence-electron chi connectivity index (χ2n) is 4.79. The molecule has 0 unspecified atom stereocenters. The monoisotopic (exact) mass is 306 g/mol. The number of hydrogen-bond donors (Lipinski definition) is 2. The molecule has 1 amide bonds. The Bertz CT molecular complexity index is 552. The highest BCUT2D eigenvalue weighted by molar-refractivity contribution is 7.98. The second kappa shape index (κ2) is 8.65. The van der Waals surface area contributed by atoms with Gasteiger partial charge in [0.05, 0.1) is 5.56 Å². The van der Waals surface area contributed by atoms with Crippen LogP contribution in [0.2, 0.25) is 0 Å². The molecule has 0 saturated heterocycles. The number of aryl methyl sites for hydroxylation is 1. The van der Waals surface area contributed by atoms with E-state index in [9.17, 15) is 10.1 Å². The predicted molar refractivity (Wildman–Crippen MR) is 85.2 cm³/mol. The molecule has 0 aliphatic carbocycles. The molecule has 0 saturated carbocycles. The average Bonchev–Trinajstić information content (AvgIpc) is 2.46. The van der Waals surface area contributed by atoms with Crippen molar-refractivity contribution in [2.45, 2.75) is 38.1 Å². The van der Waals surface area contributed by atoms with Crippen molar-refractivity contribution in [3.8, 4) is 6.07 Å². The lowest BCUT2D eigenvalue weighted by atomic mass is 9.99. The molecule has 1 aromatic heterocycles. The Morgan fingerprint density at radius 1 is 1.48 bits per heavy atom. The highest BCUT2D eigenvalue weighted by atomic mass is 32.2. The van der Waals surface area contributed by atoms with E-state index in [0.717, 1.165) is 28.3 Å². The lowest BCUT2D eigenvalue weighted by Crippen LogP contribution is -2.26. The summed E-state index contributed by atoms with van der Waals surface area (Å²) in [5.74, 6) is 0.00898. The van der Waals surface area contributed by atoms with Gasteiger partial charge in [-0.15, -0.1) is 11.8 Å². The number of pyridine rings is 1. The van der Waals surface area contributed by atoms with E-state index in [4.69, 9.17) is 5.73 Å². The van der Waals surface area contributed by atoms with E-state index in [1.54, 1.807) is 0 Å². The first-order valence-electron chi connectivity index (χ1n) is 6.96. The van der Waals surface area contributed by atoms with Gasteiger partial charge >= 0.3 is 0 Å². The molecule has 0 fully saturated rings. The maximum atomic E-state index is 11.7. The summed E-state index contributed by atoms with van der Waals surface area (Å²) in [6, 6.07) is 2.21. The van der Waals surface area contributed by atoms with Crippen LogP contribution < -0.4 is 11.1 Å². The molecule has 0 aliphatic heterocycles. The van der Waals surface area contributed by atoms with E-state index in [-0.39, 0.29) is 5.91 Å². The van der Waals surface area contributed by atoms with Crippen molar-refractivity contribution in [1.82, 2.24) is 10.3 Å². The minimum Gasteiger partial charge on any atom is -0.356 e. The fourth-order valence-electron chi connectivity index (χ4n) is 2.16. The first-order chi connectivity index (χ1) is 10.0. The van der Waals surface area contributed by atoms with Crippen molar-refractivity contribution in [1.29, 1.82) is 5.26 Å². The van der Waals surface area contributed by atoms with Gasteiger partial charge in [0.25, 0.3) is 0 Å². The highest BCUT2D eigenvalue weighted by Gasteiger charge is 2.15. The van der Waals surface area contributed by atoms with Crippen molar-refractivity contribution in [2.75, 3.05) is 19.3 Å². The quantitative estimate of drug-likeness (QED) is 0.591. The second-order valence-corrected chi connectivity index (χ2v) is 5.58. The summed E-state index contributed by atoms with van der Waals surface area (Å²) in [4.78, 5) is 16.2. The van der Waals surface area contributed by atoms with Crippen LogP contribution in [0.4, 0.5) is 0 Å². The molecule has 0 spiro atoms. The van der Waals surface area contributed by atoms with E-state index in [1.165, 1.54) is 11.8 Å². The third-order valence-electron chi connectivity index (χ3n) is 3.36. The van der Waals surface area contributed by atoms with E-state index in [0.29, 0.717) is 31.5 Å². The van der Waals surface area contributed by atoms with Crippen LogP contribution in [-0.2, 0) is 11.2 Å². The normalized spacial score (nSPS) is 10.2. The van der Waals surface area contributed by atoms with Crippen LogP contribution >= 0.6 is 11.8 Å². The molecule has 0 bridgehead atoms. The fourth-order valence-corrected chi connectivity index (χ4v) is 2.79. The van der Waals surface area contributed by atoms with Crippen LogP contribution in [0.3, 0.4) is 0 Å². The number of nitrogens with zero attached hydrogens (tertiary/aromatic N) is 2. The Hall–Kier alpha value is -1.58. The maximum Gasteiger partial charge on any atom is 0.220 e. The topological polar surface area (TPSA) is 91.8 Å². The predicted octanol–water partition coefficient (Wildman–Crippen LogP) is 1.69. The van der Waals surface area contributed by atoms with Gasteiger partial charge < -0.3 is 11.1 Å². The number of carbonyl (C=O) groups is 1. The molecule has 21 heavy (non-hydrogen) atoms. The van der Waals surface area contributed by atoms with E-state index in [1.807, 2.05) is 20.1 Å². The lowest BCUT2D eigenvalue weighted by molar-refractivity contribution is -0.121. The number of thioether (sulfide) groups is 1. The van der Waals surface area contributed by atoms with Crippen LogP contribution in [-0.4, -0.2) is 30.2 Å². The zero-order valence-corrected chi connectivity index (χ0v) is 13.6. The third-order valence-corrected chi connectivity index (χ3v) is 4.04. The molecular formula is C15H22N4OS. The summed E-state index contributed by atoms with van der Waals surface area (Å²) < 4.78 is 0. The molecular weight excluding hydrogens is 284 g/mol. The lowest BCUT2D eigenvalue weighted by Gasteiger charge is -2.13. The maximum absolute atomic E-state index is 11.7. The Balaban J connectivity index is 2.80. The largest absolute Gasteiger partial charge is 0.356 e. The van der Waals surface area contributed by atoms with Gasteiger partial charge in [-0.25, -0.2) is 4.98 Å². The first-order valence-corrected chi connectivity index (χ1v) is 8.18. The Morgan fingerprint density at radius 2 is 2.19 bits per heavy atom. The molecule has 5 nitrogen and oxygen atoms in total. The average molecular weight is 306 g/mol. The van der Waals surface area contributed by atoms with Gasteiger partial charge in [-0.3, -0.25) is 4.79 Å². The molecule has 0 atom stereocenters. The summed E-state index contributed by atoms with van der Waals surface area (Å²) in [5.41, 5.74) is 8.83. The van der Waals surface area contributed by atoms with Gasteiger partial charge in [0, 0.05) is 18.7 Å². The summed E-state index contributed by atoms with van der Waals surface area (Å²) in [6.45, 7) is 5.04. The van der Waals surface area contributed by atoms with Crippen molar-refractivity contribution in [2.24, 2.45) is 5.73 Å². The smallest absolute Gasteiger partial charge is 0.220 e. The molecule has 114 valence electrons. The number of carbonyl (C=O) groups excluding carboxylic acids is 1. The number of aromatic nitrogens is 1. The molecule has 3 N–H and O–H groups in total. The van der Waals surface area contributed by atoms with Crippen molar-refractivity contribution >= 4 is 17.7 Å². The van der Waals surface area contributed by atoms with Crippen molar-refractivity contribution in [3.05, 3.63) is 22.4 Å². The van der Waals surface area contributed by atoms with Gasteiger partial charge in [-0.05, 0) is 50.6 Å². The minimum atomic E-state index is 0.00898. The van der Waals surface area contributed by atoms with Crippen molar-refractivity contribution in [3.63, 3.8) is 0 Å². The van der Waals surface area contributed by atoms with Gasteiger partial charge in [-0.2, -0.15) is 5.26 Å². The fraction of sp³-hybridized carbons (Fsp3) is 0.533. The number of nitrogens with one attached hydrogen (secondary N) is 1.